The summed E-state index contributed by atoms with van der Waals surface area (Å²) in [6, 6.07) is 68.2. The molecule has 2 heterocycles. The molecule has 4 heteroatoms. The summed E-state index contributed by atoms with van der Waals surface area (Å²) in [7, 11) is 0. The average molecular weight is 677 g/mol. The molecule has 0 unspecified atom stereocenters. The Morgan fingerprint density at radius 1 is 0.283 bits per heavy atom. The molecule has 2 aromatic heterocycles. The van der Waals surface area contributed by atoms with E-state index in [4.69, 9.17) is 15.0 Å². The van der Waals surface area contributed by atoms with Gasteiger partial charge in [-0.05, 0) is 80.6 Å². The fourth-order valence-electron chi connectivity index (χ4n) is 7.39. The summed E-state index contributed by atoms with van der Waals surface area (Å²) in [5.74, 6) is 1.80. The van der Waals surface area contributed by atoms with Gasteiger partial charge in [-0.2, -0.15) is 9.97 Å². The highest BCUT2D eigenvalue weighted by Crippen LogP contribution is 2.35. The van der Waals surface area contributed by atoms with Gasteiger partial charge in [0.25, 0.3) is 0 Å². The zero-order chi connectivity index (χ0) is 35.1. The van der Waals surface area contributed by atoms with Crippen molar-refractivity contribution in [2.24, 2.45) is 0 Å². The molecule has 10 rings (SSSR count). The summed E-state index contributed by atoms with van der Waals surface area (Å²) in [5.41, 5.74) is 10.7. The third-order valence-corrected chi connectivity index (χ3v) is 10.0. The Balaban J connectivity index is 1.18. The Hall–Kier alpha value is -7.17. The molecule has 8 aromatic carbocycles. The number of benzene rings is 8. The van der Waals surface area contributed by atoms with E-state index in [9.17, 15) is 0 Å². The standard InChI is InChI=1S/C49H32N4/c1-3-13-33(14-4-1)40-30-41(34-15-5-2-6-16-34)32-42(31-40)48-50-47(37-26-23-36(24-27-37)39-28-25-35-17-7-8-18-38(35)29-39)51-49(52-48)53-45-21-11-9-19-43(45)44-20-10-12-22-46(44)53/h1-32H. The van der Waals surface area contributed by atoms with E-state index >= 15 is 0 Å². The molecular formula is C49H32N4. The Morgan fingerprint density at radius 3 is 1.36 bits per heavy atom. The third-order valence-electron chi connectivity index (χ3n) is 10.0. The van der Waals surface area contributed by atoms with E-state index in [1.807, 2.05) is 12.1 Å². The van der Waals surface area contributed by atoms with Crippen molar-refractivity contribution in [3.63, 3.8) is 0 Å². The third kappa shape index (κ3) is 5.63. The van der Waals surface area contributed by atoms with Gasteiger partial charge in [0.1, 0.15) is 0 Å². The highest BCUT2D eigenvalue weighted by molar-refractivity contribution is 6.09. The number of nitrogens with zero attached hydrogens (tertiary/aromatic N) is 4. The average Bonchev–Trinajstić information content (AvgIpc) is 3.58. The molecule has 0 aliphatic heterocycles. The number of rotatable bonds is 6. The van der Waals surface area contributed by atoms with Crippen molar-refractivity contribution < 1.29 is 0 Å². The molecular weight excluding hydrogens is 645 g/mol. The summed E-state index contributed by atoms with van der Waals surface area (Å²) < 4.78 is 2.17. The van der Waals surface area contributed by atoms with Crippen LogP contribution in [0.15, 0.2) is 194 Å². The molecule has 0 atom stereocenters. The summed E-state index contributed by atoms with van der Waals surface area (Å²) in [5, 5.41) is 4.77. The molecule has 0 aliphatic carbocycles. The lowest BCUT2D eigenvalue weighted by Crippen LogP contribution is -2.06. The second kappa shape index (κ2) is 12.9. The van der Waals surface area contributed by atoms with Crippen LogP contribution in [-0.4, -0.2) is 19.5 Å². The summed E-state index contributed by atoms with van der Waals surface area (Å²) in [6.07, 6.45) is 0. The fourth-order valence-corrected chi connectivity index (χ4v) is 7.39. The van der Waals surface area contributed by atoms with Crippen molar-refractivity contribution in [2.75, 3.05) is 0 Å². The van der Waals surface area contributed by atoms with E-state index in [-0.39, 0.29) is 0 Å². The highest BCUT2D eigenvalue weighted by Gasteiger charge is 2.19. The van der Waals surface area contributed by atoms with E-state index in [1.54, 1.807) is 0 Å². The van der Waals surface area contributed by atoms with Gasteiger partial charge in [-0.15, -0.1) is 0 Å². The summed E-state index contributed by atoms with van der Waals surface area (Å²) in [4.78, 5) is 15.7. The van der Waals surface area contributed by atoms with Crippen molar-refractivity contribution in [3.8, 4) is 62.1 Å². The van der Waals surface area contributed by atoms with E-state index < -0.39 is 0 Å². The van der Waals surface area contributed by atoms with Gasteiger partial charge in [-0.25, -0.2) is 4.98 Å². The van der Waals surface area contributed by atoms with Crippen LogP contribution in [0.2, 0.25) is 0 Å². The minimum absolute atomic E-state index is 0.576. The lowest BCUT2D eigenvalue weighted by molar-refractivity contribution is 0.953. The van der Waals surface area contributed by atoms with Crippen LogP contribution in [0.5, 0.6) is 0 Å². The van der Waals surface area contributed by atoms with E-state index in [1.165, 1.54) is 16.3 Å². The van der Waals surface area contributed by atoms with Crippen LogP contribution < -0.4 is 0 Å². The second-order valence-electron chi connectivity index (χ2n) is 13.3. The first kappa shape index (κ1) is 30.6. The maximum Gasteiger partial charge on any atom is 0.238 e. The number of hydrogen-bond acceptors (Lipinski definition) is 3. The van der Waals surface area contributed by atoms with Gasteiger partial charge in [0.15, 0.2) is 11.6 Å². The monoisotopic (exact) mass is 676 g/mol. The minimum Gasteiger partial charge on any atom is -0.278 e. The lowest BCUT2D eigenvalue weighted by atomic mass is 9.96. The molecule has 0 bridgehead atoms. The van der Waals surface area contributed by atoms with Crippen molar-refractivity contribution in [2.45, 2.75) is 0 Å². The Morgan fingerprint density at radius 2 is 0.736 bits per heavy atom. The summed E-state index contributed by atoms with van der Waals surface area (Å²) >= 11 is 0. The van der Waals surface area contributed by atoms with Crippen LogP contribution in [-0.2, 0) is 0 Å². The van der Waals surface area contributed by atoms with Crippen molar-refractivity contribution in [1.29, 1.82) is 0 Å². The smallest absolute Gasteiger partial charge is 0.238 e. The number of hydrogen-bond donors (Lipinski definition) is 0. The van der Waals surface area contributed by atoms with Gasteiger partial charge in [0, 0.05) is 21.9 Å². The van der Waals surface area contributed by atoms with Crippen molar-refractivity contribution >= 4 is 32.6 Å². The quantitative estimate of drug-likeness (QED) is 0.176. The van der Waals surface area contributed by atoms with Crippen LogP contribution in [0.3, 0.4) is 0 Å². The van der Waals surface area contributed by atoms with Gasteiger partial charge in [0.2, 0.25) is 5.95 Å². The van der Waals surface area contributed by atoms with Gasteiger partial charge in [-0.3, -0.25) is 4.57 Å². The molecule has 4 nitrogen and oxygen atoms in total. The molecule has 53 heavy (non-hydrogen) atoms. The Kier molecular flexibility index (Phi) is 7.43. The molecule has 0 aliphatic rings. The van der Waals surface area contributed by atoms with Crippen LogP contribution in [0.1, 0.15) is 0 Å². The van der Waals surface area contributed by atoms with Gasteiger partial charge in [-0.1, -0.05) is 158 Å². The van der Waals surface area contributed by atoms with Gasteiger partial charge < -0.3 is 0 Å². The highest BCUT2D eigenvalue weighted by atomic mass is 15.2. The van der Waals surface area contributed by atoms with E-state index in [0.29, 0.717) is 17.6 Å². The van der Waals surface area contributed by atoms with E-state index in [0.717, 1.165) is 60.8 Å². The fraction of sp³-hybridized carbons (Fsp3) is 0. The number of fused-ring (bicyclic) bond motifs is 4. The normalized spacial score (nSPS) is 11.4. The maximum atomic E-state index is 5.28. The number of para-hydroxylation sites is 2. The molecule has 0 amide bonds. The second-order valence-corrected chi connectivity index (χ2v) is 13.3. The Bertz CT molecular complexity index is 2820. The first-order valence-electron chi connectivity index (χ1n) is 17.9. The van der Waals surface area contributed by atoms with Crippen LogP contribution in [0, 0.1) is 0 Å². The Labute approximate surface area is 307 Å². The molecule has 0 N–H and O–H groups in total. The first-order valence-corrected chi connectivity index (χ1v) is 17.9. The molecule has 0 radical (unpaired) electrons. The topological polar surface area (TPSA) is 43.6 Å². The molecule has 0 saturated carbocycles. The van der Waals surface area contributed by atoms with Crippen LogP contribution in [0.4, 0.5) is 0 Å². The zero-order valence-electron chi connectivity index (χ0n) is 28.8. The largest absolute Gasteiger partial charge is 0.278 e. The van der Waals surface area contributed by atoms with Gasteiger partial charge in [0.05, 0.1) is 11.0 Å². The SMILES string of the molecule is c1ccc(-c2cc(-c3ccccc3)cc(-c3nc(-c4ccc(-c5ccc6ccccc6c5)cc4)nc(-n4c5ccccc5c5ccccc54)n3)c2)cc1. The minimum atomic E-state index is 0.576. The van der Waals surface area contributed by atoms with Crippen molar-refractivity contribution in [1.82, 2.24) is 19.5 Å². The molecule has 248 valence electrons. The lowest BCUT2D eigenvalue weighted by Gasteiger charge is -2.13. The molecule has 10 aromatic rings. The first-order chi connectivity index (χ1) is 26.2. The molecule has 0 fully saturated rings. The molecule has 0 spiro atoms. The van der Waals surface area contributed by atoms with Gasteiger partial charge >= 0.3 is 0 Å². The van der Waals surface area contributed by atoms with Crippen LogP contribution in [0.25, 0.3) is 94.7 Å². The van der Waals surface area contributed by atoms with E-state index in [2.05, 4.69) is 187 Å². The predicted octanol–water partition coefficient (Wildman–Crippen LogP) is 12.5. The molecule has 0 saturated heterocycles. The van der Waals surface area contributed by atoms with Crippen molar-refractivity contribution in [3.05, 3.63) is 194 Å². The zero-order valence-corrected chi connectivity index (χ0v) is 28.8. The van der Waals surface area contributed by atoms with Crippen LogP contribution >= 0.6 is 0 Å². The summed E-state index contributed by atoms with van der Waals surface area (Å²) in [6.45, 7) is 0. The maximum absolute atomic E-state index is 5.28. The number of aromatic nitrogens is 4. The predicted molar refractivity (Wildman–Crippen MR) is 219 cm³/mol.